The number of ether oxygens (including phenoxy) is 2. The molecule has 0 N–H and O–H groups in total. The Morgan fingerprint density at radius 2 is 1.93 bits per heavy atom. The highest BCUT2D eigenvalue weighted by atomic mass is 35.5. The Morgan fingerprint density at radius 1 is 1.17 bits per heavy atom. The van der Waals surface area contributed by atoms with Crippen LogP contribution in [0.5, 0.6) is 11.5 Å². The number of benzene rings is 1. The van der Waals surface area contributed by atoms with Crippen molar-refractivity contribution in [1.82, 2.24) is 24.5 Å². The molecule has 1 aliphatic rings. The minimum Gasteiger partial charge on any atom is -0.454 e. The van der Waals surface area contributed by atoms with Crippen LogP contribution in [0.15, 0.2) is 24.4 Å². The molecule has 29 heavy (non-hydrogen) atoms. The van der Waals surface area contributed by atoms with Gasteiger partial charge in [-0.25, -0.2) is 0 Å². The fraction of sp³-hybridized carbons (Fsp3) is 0.350. The normalized spacial score (nSPS) is 12.4. The molecule has 0 atom stereocenters. The second-order valence-electron chi connectivity index (χ2n) is 7.12. The van der Waals surface area contributed by atoms with E-state index in [2.05, 4.69) is 10.2 Å². The maximum absolute atomic E-state index is 13.5. The van der Waals surface area contributed by atoms with Gasteiger partial charge in [-0.3, -0.25) is 14.2 Å². The first kappa shape index (κ1) is 19.3. The van der Waals surface area contributed by atoms with Gasteiger partial charge in [0.1, 0.15) is 5.69 Å². The van der Waals surface area contributed by atoms with E-state index in [1.165, 1.54) is 0 Å². The molecule has 1 amide bonds. The van der Waals surface area contributed by atoms with Crippen molar-refractivity contribution in [3.8, 4) is 11.5 Å². The van der Waals surface area contributed by atoms with Gasteiger partial charge in [-0.05, 0) is 31.5 Å². The van der Waals surface area contributed by atoms with E-state index in [1.54, 1.807) is 27.5 Å². The number of aromatic nitrogens is 4. The third-order valence-electron chi connectivity index (χ3n) is 5.02. The summed E-state index contributed by atoms with van der Waals surface area (Å²) >= 11 is 6.31. The van der Waals surface area contributed by atoms with Crippen LogP contribution in [0.3, 0.4) is 0 Å². The molecule has 0 aliphatic carbocycles. The van der Waals surface area contributed by atoms with E-state index in [0.717, 1.165) is 11.3 Å². The van der Waals surface area contributed by atoms with Crippen molar-refractivity contribution in [1.29, 1.82) is 0 Å². The molecule has 0 spiro atoms. The van der Waals surface area contributed by atoms with Crippen molar-refractivity contribution in [2.75, 3.05) is 6.79 Å². The molecular formula is C20H22ClN5O3. The second-order valence-corrected chi connectivity index (χ2v) is 7.52. The third-order valence-corrected chi connectivity index (χ3v) is 5.33. The summed E-state index contributed by atoms with van der Waals surface area (Å²) in [4.78, 5) is 15.2. The van der Waals surface area contributed by atoms with Crippen molar-refractivity contribution < 1.29 is 14.3 Å². The minimum atomic E-state index is -0.118. The van der Waals surface area contributed by atoms with Crippen molar-refractivity contribution >= 4 is 17.5 Å². The number of nitrogens with zero attached hydrogens (tertiary/aromatic N) is 5. The van der Waals surface area contributed by atoms with Crippen LogP contribution in [0, 0.1) is 13.8 Å². The molecule has 3 heterocycles. The van der Waals surface area contributed by atoms with Crippen molar-refractivity contribution in [2.45, 2.75) is 26.9 Å². The number of amides is 1. The van der Waals surface area contributed by atoms with Crippen molar-refractivity contribution in [2.24, 2.45) is 14.1 Å². The summed E-state index contributed by atoms with van der Waals surface area (Å²) in [5.41, 5.74) is 3.67. The van der Waals surface area contributed by atoms with E-state index < -0.39 is 0 Å². The topological polar surface area (TPSA) is 74.4 Å². The van der Waals surface area contributed by atoms with Crippen molar-refractivity contribution in [3.05, 3.63) is 57.6 Å². The fourth-order valence-corrected chi connectivity index (χ4v) is 3.73. The van der Waals surface area contributed by atoms with Gasteiger partial charge in [0.05, 0.1) is 22.8 Å². The highest BCUT2D eigenvalue weighted by Crippen LogP contribution is 2.33. The first-order valence-electron chi connectivity index (χ1n) is 9.19. The molecule has 0 radical (unpaired) electrons. The Bertz CT molecular complexity index is 1090. The van der Waals surface area contributed by atoms with Crippen LogP contribution in [-0.4, -0.2) is 37.2 Å². The Hall–Kier alpha value is -3.00. The van der Waals surface area contributed by atoms with E-state index in [-0.39, 0.29) is 19.2 Å². The molecular weight excluding hydrogens is 394 g/mol. The molecule has 0 saturated heterocycles. The number of aryl methyl sites for hydroxylation is 3. The smallest absolute Gasteiger partial charge is 0.258 e. The summed E-state index contributed by atoms with van der Waals surface area (Å²) in [6.45, 7) is 4.59. The van der Waals surface area contributed by atoms with E-state index >= 15 is 0 Å². The zero-order chi connectivity index (χ0) is 20.7. The van der Waals surface area contributed by atoms with Gasteiger partial charge in [-0.2, -0.15) is 10.2 Å². The molecule has 1 aliphatic heterocycles. The van der Waals surface area contributed by atoms with E-state index in [4.69, 9.17) is 21.1 Å². The standard InChI is InChI=1S/C20H22ClN5O3/c1-12-19(13(2)25(4)22-12)20(27)26(10-16-15(21)9-24(3)23-16)8-14-5-6-17-18(7-14)29-11-28-17/h5-7,9H,8,10-11H2,1-4H3. The lowest BCUT2D eigenvalue weighted by Crippen LogP contribution is -2.31. The molecule has 0 fully saturated rings. The van der Waals surface area contributed by atoms with Gasteiger partial charge >= 0.3 is 0 Å². The molecule has 4 rings (SSSR count). The van der Waals surface area contributed by atoms with Crippen LogP contribution in [0.4, 0.5) is 0 Å². The Labute approximate surface area is 173 Å². The number of hydrogen-bond donors (Lipinski definition) is 0. The van der Waals surface area contributed by atoms with Crippen LogP contribution < -0.4 is 9.47 Å². The van der Waals surface area contributed by atoms with Crippen LogP contribution >= 0.6 is 11.6 Å². The molecule has 0 unspecified atom stereocenters. The lowest BCUT2D eigenvalue weighted by molar-refractivity contribution is 0.0726. The zero-order valence-electron chi connectivity index (χ0n) is 16.8. The summed E-state index contributed by atoms with van der Waals surface area (Å²) < 4.78 is 14.2. The predicted molar refractivity (Wildman–Crippen MR) is 107 cm³/mol. The summed E-state index contributed by atoms with van der Waals surface area (Å²) in [5, 5.41) is 9.31. The van der Waals surface area contributed by atoms with Gasteiger partial charge in [0.15, 0.2) is 11.5 Å². The molecule has 0 saturated carbocycles. The van der Waals surface area contributed by atoms with Crippen molar-refractivity contribution in [3.63, 3.8) is 0 Å². The monoisotopic (exact) mass is 415 g/mol. The molecule has 152 valence electrons. The summed E-state index contributed by atoms with van der Waals surface area (Å²) in [6, 6.07) is 5.68. The lowest BCUT2D eigenvalue weighted by atomic mass is 10.1. The van der Waals surface area contributed by atoms with Gasteiger partial charge in [-0.15, -0.1) is 0 Å². The summed E-state index contributed by atoms with van der Waals surface area (Å²) in [5.74, 6) is 1.27. The highest BCUT2D eigenvalue weighted by molar-refractivity contribution is 6.31. The van der Waals surface area contributed by atoms with Crippen LogP contribution in [0.1, 0.15) is 33.0 Å². The van der Waals surface area contributed by atoms with Gasteiger partial charge in [0, 0.05) is 32.5 Å². The summed E-state index contributed by atoms with van der Waals surface area (Å²) in [7, 11) is 3.63. The van der Waals surface area contributed by atoms with Crippen LogP contribution in [0.2, 0.25) is 5.02 Å². The molecule has 2 aromatic heterocycles. The highest BCUT2D eigenvalue weighted by Gasteiger charge is 2.25. The number of rotatable bonds is 5. The minimum absolute atomic E-state index is 0.118. The average Bonchev–Trinajstić information content (AvgIpc) is 3.32. The molecule has 0 bridgehead atoms. The largest absolute Gasteiger partial charge is 0.454 e. The van der Waals surface area contributed by atoms with Gasteiger partial charge in [0.2, 0.25) is 6.79 Å². The number of halogens is 1. The molecule has 1 aromatic carbocycles. The first-order valence-corrected chi connectivity index (χ1v) is 9.57. The number of fused-ring (bicyclic) bond motifs is 1. The lowest BCUT2D eigenvalue weighted by Gasteiger charge is -2.23. The van der Waals surface area contributed by atoms with E-state index in [9.17, 15) is 4.79 Å². The van der Waals surface area contributed by atoms with Crippen LogP contribution in [0.25, 0.3) is 0 Å². The third kappa shape index (κ3) is 3.67. The quantitative estimate of drug-likeness (QED) is 0.640. The first-order chi connectivity index (χ1) is 13.8. The van der Waals surface area contributed by atoms with Gasteiger partial charge in [0.25, 0.3) is 5.91 Å². The number of carbonyl (C=O) groups is 1. The average molecular weight is 416 g/mol. The molecule has 8 nitrogen and oxygen atoms in total. The fourth-order valence-electron chi connectivity index (χ4n) is 3.49. The number of carbonyl (C=O) groups excluding carboxylic acids is 1. The Morgan fingerprint density at radius 3 is 2.59 bits per heavy atom. The molecule has 9 heteroatoms. The van der Waals surface area contributed by atoms with E-state index in [1.807, 2.05) is 39.1 Å². The van der Waals surface area contributed by atoms with Gasteiger partial charge in [-0.1, -0.05) is 17.7 Å². The van der Waals surface area contributed by atoms with E-state index in [0.29, 0.717) is 40.0 Å². The molecule has 3 aromatic rings. The second kappa shape index (κ2) is 7.44. The maximum Gasteiger partial charge on any atom is 0.258 e. The Kier molecular flexibility index (Phi) is 4.96. The number of hydrogen-bond acceptors (Lipinski definition) is 5. The Balaban J connectivity index is 1.68. The SMILES string of the molecule is Cc1nn(C)c(C)c1C(=O)N(Cc1ccc2c(c1)OCO2)Cc1nn(C)cc1Cl. The maximum atomic E-state index is 13.5. The van der Waals surface area contributed by atoms with Crippen LogP contribution in [-0.2, 0) is 27.2 Å². The predicted octanol–water partition coefficient (Wildman–Crippen LogP) is 3.00. The summed E-state index contributed by atoms with van der Waals surface area (Å²) in [6.07, 6.45) is 1.72. The zero-order valence-corrected chi connectivity index (χ0v) is 17.5. The van der Waals surface area contributed by atoms with Gasteiger partial charge < -0.3 is 14.4 Å².